The monoisotopic (exact) mass is 490 g/mol. The predicted molar refractivity (Wildman–Crippen MR) is 117 cm³/mol. The highest BCUT2D eigenvalue weighted by Crippen LogP contribution is 2.08. The molecule has 0 bridgehead atoms. The van der Waals surface area contributed by atoms with Gasteiger partial charge in [-0.2, -0.15) is 11.8 Å². The molecule has 1 fully saturated rings. The number of carbonyl (C=O) groups is 6. The summed E-state index contributed by atoms with van der Waals surface area (Å²) in [6.45, 7) is 0.641. The molecule has 1 saturated heterocycles. The number of aliphatic carboxylic acids is 3. The van der Waals surface area contributed by atoms with Gasteiger partial charge in [0.2, 0.25) is 17.7 Å². The second-order valence-electron chi connectivity index (χ2n) is 7.48. The number of hydrogen-bond donors (Lipinski definition) is 7. The molecule has 4 unspecified atom stereocenters. The molecule has 0 aliphatic carbocycles. The second-order valence-corrected chi connectivity index (χ2v) is 8.47. The van der Waals surface area contributed by atoms with E-state index in [2.05, 4.69) is 21.3 Å². The van der Waals surface area contributed by atoms with Crippen LogP contribution in [0.1, 0.15) is 38.5 Å². The van der Waals surface area contributed by atoms with Gasteiger partial charge in [0.25, 0.3) is 0 Å². The molecular formula is C19H30N4O9S. The minimum Gasteiger partial charge on any atom is -0.481 e. The van der Waals surface area contributed by atoms with Gasteiger partial charge in [0.15, 0.2) is 0 Å². The lowest BCUT2D eigenvalue weighted by molar-refractivity contribution is -0.147. The molecule has 14 heteroatoms. The van der Waals surface area contributed by atoms with Crippen LogP contribution in [0, 0.1) is 0 Å². The van der Waals surface area contributed by atoms with Gasteiger partial charge < -0.3 is 36.6 Å². The smallest absolute Gasteiger partial charge is 0.326 e. The molecule has 13 nitrogen and oxygen atoms in total. The van der Waals surface area contributed by atoms with Crippen LogP contribution in [0.5, 0.6) is 0 Å². The fourth-order valence-corrected chi connectivity index (χ4v) is 3.61. The van der Waals surface area contributed by atoms with Crippen molar-refractivity contribution in [2.75, 3.05) is 18.6 Å². The minimum atomic E-state index is -1.69. The van der Waals surface area contributed by atoms with Crippen LogP contribution in [0.15, 0.2) is 0 Å². The SMILES string of the molecule is CSCCC(NC(=O)C(CCC(=O)O)NC(=O)C1CCCN1)C(=O)NC(CC(=O)O)C(=O)O. The Hall–Kier alpha value is -2.87. The summed E-state index contributed by atoms with van der Waals surface area (Å²) < 4.78 is 0. The summed E-state index contributed by atoms with van der Waals surface area (Å²) in [5.74, 6) is -5.89. The number of hydrogen-bond acceptors (Lipinski definition) is 8. The summed E-state index contributed by atoms with van der Waals surface area (Å²) in [7, 11) is 0. The normalized spacial score (nSPS) is 17.9. The Morgan fingerprint density at radius 1 is 0.909 bits per heavy atom. The molecule has 0 aromatic carbocycles. The number of amides is 3. The zero-order valence-corrected chi connectivity index (χ0v) is 19.0. The third kappa shape index (κ3) is 10.5. The van der Waals surface area contributed by atoms with Gasteiger partial charge in [-0.05, 0) is 44.2 Å². The first-order valence-corrected chi connectivity index (χ1v) is 11.7. The fraction of sp³-hybridized carbons (Fsp3) is 0.684. The number of carbonyl (C=O) groups excluding carboxylic acids is 3. The fourth-order valence-electron chi connectivity index (χ4n) is 3.14. The molecule has 0 radical (unpaired) electrons. The van der Waals surface area contributed by atoms with Crippen molar-refractivity contribution >= 4 is 47.4 Å². The quantitative estimate of drug-likeness (QED) is 0.138. The van der Waals surface area contributed by atoms with E-state index in [4.69, 9.17) is 15.3 Å². The zero-order chi connectivity index (χ0) is 25.0. The second kappa shape index (κ2) is 14.3. The lowest BCUT2D eigenvalue weighted by atomic mass is 10.1. The first-order valence-electron chi connectivity index (χ1n) is 10.3. The topological polar surface area (TPSA) is 211 Å². The highest BCUT2D eigenvalue weighted by atomic mass is 32.2. The van der Waals surface area contributed by atoms with E-state index in [1.165, 1.54) is 11.8 Å². The van der Waals surface area contributed by atoms with Crippen molar-refractivity contribution < 1.29 is 44.1 Å². The Labute approximate surface area is 194 Å². The van der Waals surface area contributed by atoms with E-state index in [9.17, 15) is 28.8 Å². The summed E-state index contributed by atoms with van der Waals surface area (Å²) >= 11 is 1.36. The average molecular weight is 491 g/mol. The van der Waals surface area contributed by atoms with Gasteiger partial charge in [0.05, 0.1) is 12.5 Å². The van der Waals surface area contributed by atoms with Gasteiger partial charge in [-0.25, -0.2) is 4.79 Å². The largest absolute Gasteiger partial charge is 0.481 e. The van der Waals surface area contributed by atoms with Crippen LogP contribution in [-0.2, 0) is 28.8 Å². The molecule has 0 saturated carbocycles. The van der Waals surface area contributed by atoms with E-state index in [0.29, 0.717) is 18.7 Å². The molecule has 0 aromatic heterocycles. The van der Waals surface area contributed by atoms with Crippen molar-refractivity contribution in [2.45, 2.75) is 62.7 Å². The summed E-state index contributed by atoms with van der Waals surface area (Å²) in [5, 5.41) is 37.0. The van der Waals surface area contributed by atoms with Crippen molar-refractivity contribution in [2.24, 2.45) is 0 Å². The Bertz CT molecular complexity index is 743. The van der Waals surface area contributed by atoms with Crippen LogP contribution in [0.3, 0.4) is 0 Å². The molecule has 1 aliphatic heterocycles. The first-order chi connectivity index (χ1) is 15.5. The zero-order valence-electron chi connectivity index (χ0n) is 18.2. The van der Waals surface area contributed by atoms with Gasteiger partial charge in [-0.1, -0.05) is 0 Å². The van der Waals surface area contributed by atoms with E-state index in [-0.39, 0.29) is 12.8 Å². The van der Waals surface area contributed by atoms with E-state index < -0.39 is 72.6 Å². The number of rotatable bonds is 15. The number of carboxylic acid groups (broad SMARTS) is 3. The molecule has 0 aromatic rings. The molecule has 3 amide bonds. The van der Waals surface area contributed by atoms with Gasteiger partial charge in [0.1, 0.15) is 18.1 Å². The number of thioether (sulfide) groups is 1. The molecule has 1 heterocycles. The van der Waals surface area contributed by atoms with Crippen molar-refractivity contribution in [1.29, 1.82) is 0 Å². The van der Waals surface area contributed by atoms with Crippen molar-refractivity contribution in [3.05, 3.63) is 0 Å². The maximum Gasteiger partial charge on any atom is 0.326 e. The minimum absolute atomic E-state index is 0.0991. The molecule has 7 N–H and O–H groups in total. The molecule has 33 heavy (non-hydrogen) atoms. The molecule has 1 aliphatic rings. The Morgan fingerprint density at radius 3 is 2.00 bits per heavy atom. The Morgan fingerprint density at radius 2 is 1.52 bits per heavy atom. The van der Waals surface area contributed by atoms with Crippen molar-refractivity contribution in [3.8, 4) is 0 Å². The lowest BCUT2D eigenvalue weighted by Crippen LogP contribution is -2.57. The molecular weight excluding hydrogens is 460 g/mol. The average Bonchev–Trinajstić information content (AvgIpc) is 3.27. The van der Waals surface area contributed by atoms with E-state index >= 15 is 0 Å². The number of nitrogens with one attached hydrogen (secondary N) is 4. The van der Waals surface area contributed by atoms with Crippen LogP contribution in [0.2, 0.25) is 0 Å². The van der Waals surface area contributed by atoms with Crippen LogP contribution in [0.25, 0.3) is 0 Å². The van der Waals surface area contributed by atoms with Crippen molar-refractivity contribution in [1.82, 2.24) is 21.3 Å². The van der Waals surface area contributed by atoms with Crippen LogP contribution in [-0.4, -0.2) is 93.7 Å². The molecule has 4 atom stereocenters. The molecule has 1 rings (SSSR count). The van der Waals surface area contributed by atoms with Crippen molar-refractivity contribution in [3.63, 3.8) is 0 Å². The molecule has 186 valence electrons. The maximum absolute atomic E-state index is 12.8. The summed E-state index contributed by atoms with van der Waals surface area (Å²) in [6.07, 6.45) is 1.73. The standard InChI is InChI=1S/C19H30N4O9S/c1-33-8-6-12(18(30)23-13(19(31)32)9-15(26)27)22-17(29)11(4-5-14(24)25)21-16(28)10-3-2-7-20-10/h10-13,20H,2-9H2,1H3,(H,21,28)(H,22,29)(H,23,30)(H,24,25)(H,26,27)(H,31,32). The molecule has 0 spiro atoms. The van der Waals surface area contributed by atoms with E-state index in [0.717, 1.165) is 6.42 Å². The predicted octanol–water partition coefficient (Wildman–Crippen LogP) is -1.63. The highest BCUT2D eigenvalue weighted by molar-refractivity contribution is 7.98. The Balaban J connectivity index is 2.92. The van der Waals surface area contributed by atoms with Gasteiger partial charge in [-0.15, -0.1) is 0 Å². The van der Waals surface area contributed by atoms with Gasteiger partial charge in [0, 0.05) is 6.42 Å². The van der Waals surface area contributed by atoms with Gasteiger partial charge >= 0.3 is 17.9 Å². The van der Waals surface area contributed by atoms with Crippen LogP contribution < -0.4 is 21.3 Å². The summed E-state index contributed by atoms with van der Waals surface area (Å²) in [5.41, 5.74) is 0. The Kier molecular flexibility index (Phi) is 12.2. The summed E-state index contributed by atoms with van der Waals surface area (Å²) in [4.78, 5) is 71.0. The van der Waals surface area contributed by atoms with E-state index in [1.807, 2.05) is 0 Å². The lowest BCUT2D eigenvalue weighted by Gasteiger charge is -2.24. The van der Waals surface area contributed by atoms with Crippen LogP contribution in [0.4, 0.5) is 0 Å². The third-order valence-corrected chi connectivity index (χ3v) is 5.54. The summed E-state index contributed by atoms with van der Waals surface area (Å²) in [6, 6.07) is -4.64. The number of carboxylic acids is 3. The van der Waals surface area contributed by atoms with Crippen LogP contribution >= 0.6 is 11.8 Å². The van der Waals surface area contributed by atoms with Gasteiger partial charge in [-0.3, -0.25) is 24.0 Å². The highest BCUT2D eigenvalue weighted by Gasteiger charge is 2.32. The van der Waals surface area contributed by atoms with E-state index in [1.54, 1.807) is 6.26 Å². The third-order valence-electron chi connectivity index (χ3n) is 4.89. The first kappa shape index (κ1) is 28.2. The maximum atomic E-state index is 12.8.